The van der Waals surface area contributed by atoms with Crippen molar-refractivity contribution < 1.29 is 32.6 Å². The molecule has 3 aromatic rings. The number of aromatic nitrogens is 2. The standard InChI is InChI=1S/C28H35N5O2.C2HF3O2/c1-20-17-26(33-28(30-20)29-19-22-11-7-4-8-12-22)32-25(18-21-9-5-3-6-10-21)27(34)31-23-13-15-24(35-2)16-14-23;3-2(4,5)1(6)7/h3,5-6,9-10,13-17,22,25H,4,7-8,11-12,18-19H2,1-2H3,(H,31,34)(H2,29,30,32,33);(H,6,7)/t25-;/m0./s1. The molecule has 9 nitrogen and oxygen atoms in total. The van der Waals surface area contributed by atoms with Gasteiger partial charge in [-0.3, -0.25) is 4.79 Å². The minimum Gasteiger partial charge on any atom is -0.497 e. The monoisotopic (exact) mass is 587 g/mol. The zero-order valence-electron chi connectivity index (χ0n) is 23.6. The summed E-state index contributed by atoms with van der Waals surface area (Å²) in [5, 5.41) is 16.9. The van der Waals surface area contributed by atoms with Gasteiger partial charge in [0.25, 0.3) is 0 Å². The second-order valence-electron chi connectivity index (χ2n) is 10.0. The van der Waals surface area contributed by atoms with Gasteiger partial charge in [-0.2, -0.15) is 18.2 Å². The van der Waals surface area contributed by atoms with Crippen LogP contribution in [0.2, 0.25) is 0 Å². The maximum atomic E-state index is 13.3. The number of alkyl halides is 3. The SMILES string of the molecule is COc1ccc(NC(=O)[C@H](Cc2ccccc2)Nc2cc(C)nc(NCC3CCCCC3)n2)cc1.O=C(O)C(F)(F)F. The van der Waals surface area contributed by atoms with E-state index >= 15 is 0 Å². The number of carboxylic acids is 1. The number of nitrogens with one attached hydrogen (secondary N) is 3. The number of nitrogens with zero attached hydrogens (tertiary/aromatic N) is 2. The number of anilines is 3. The highest BCUT2D eigenvalue weighted by atomic mass is 19.4. The Morgan fingerprint density at radius 2 is 1.67 bits per heavy atom. The third-order valence-corrected chi connectivity index (χ3v) is 6.65. The van der Waals surface area contributed by atoms with Crippen molar-refractivity contribution in [1.82, 2.24) is 9.97 Å². The molecule has 0 spiro atoms. The first-order valence-electron chi connectivity index (χ1n) is 13.7. The van der Waals surface area contributed by atoms with Crippen LogP contribution in [0.5, 0.6) is 5.75 Å². The lowest BCUT2D eigenvalue weighted by atomic mass is 9.89. The molecule has 0 saturated heterocycles. The van der Waals surface area contributed by atoms with Crippen LogP contribution in [0.4, 0.5) is 30.6 Å². The summed E-state index contributed by atoms with van der Waals surface area (Å²) in [5.41, 5.74) is 2.63. The molecule has 1 heterocycles. The third kappa shape index (κ3) is 10.9. The summed E-state index contributed by atoms with van der Waals surface area (Å²) in [6, 6.07) is 18.7. The van der Waals surface area contributed by atoms with Gasteiger partial charge in [0.2, 0.25) is 11.9 Å². The fraction of sp³-hybridized carbons (Fsp3) is 0.400. The van der Waals surface area contributed by atoms with Gasteiger partial charge in [-0.1, -0.05) is 49.6 Å². The third-order valence-electron chi connectivity index (χ3n) is 6.65. The largest absolute Gasteiger partial charge is 0.497 e. The molecular weight excluding hydrogens is 551 g/mol. The van der Waals surface area contributed by atoms with Crippen LogP contribution in [-0.2, 0) is 16.0 Å². The predicted molar refractivity (Wildman–Crippen MR) is 155 cm³/mol. The minimum atomic E-state index is -5.08. The summed E-state index contributed by atoms with van der Waals surface area (Å²) in [4.78, 5) is 31.5. The number of methoxy groups -OCH3 is 1. The number of hydrogen-bond donors (Lipinski definition) is 4. The number of hydrogen-bond acceptors (Lipinski definition) is 7. The Balaban J connectivity index is 0.000000616. The molecular formula is C30H36F3N5O4. The maximum Gasteiger partial charge on any atom is 0.490 e. The van der Waals surface area contributed by atoms with Crippen molar-refractivity contribution >= 4 is 29.3 Å². The predicted octanol–water partition coefficient (Wildman–Crippen LogP) is 6.08. The van der Waals surface area contributed by atoms with Gasteiger partial charge >= 0.3 is 12.1 Å². The van der Waals surface area contributed by atoms with Crippen molar-refractivity contribution in [2.24, 2.45) is 5.92 Å². The topological polar surface area (TPSA) is 125 Å². The Morgan fingerprint density at radius 3 is 2.26 bits per heavy atom. The molecule has 42 heavy (non-hydrogen) atoms. The summed E-state index contributed by atoms with van der Waals surface area (Å²) in [6.07, 6.45) is 1.91. The van der Waals surface area contributed by atoms with Gasteiger partial charge in [-0.05, 0) is 55.5 Å². The van der Waals surface area contributed by atoms with Crippen molar-refractivity contribution in [3.05, 3.63) is 71.9 Å². The van der Waals surface area contributed by atoms with E-state index in [9.17, 15) is 18.0 Å². The lowest BCUT2D eigenvalue weighted by Gasteiger charge is -2.22. The highest BCUT2D eigenvalue weighted by Crippen LogP contribution is 2.24. The van der Waals surface area contributed by atoms with Gasteiger partial charge in [-0.15, -0.1) is 0 Å². The molecule has 0 unspecified atom stereocenters. The van der Waals surface area contributed by atoms with Crippen molar-refractivity contribution in [1.29, 1.82) is 0 Å². The Morgan fingerprint density at radius 1 is 1.02 bits per heavy atom. The van der Waals surface area contributed by atoms with E-state index in [1.165, 1.54) is 32.1 Å². The molecule has 1 aliphatic carbocycles. The molecule has 0 bridgehead atoms. The Kier molecular flexibility index (Phi) is 11.9. The average molecular weight is 588 g/mol. The molecule has 12 heteroatoms. The van der Waals surface area contributed by atoms with Gasteiger partial charge < -0.3 is 25.8 Å². The van der Waals surface area contributed by atoms with Gasteiger partial charge in [0.15, 0.2) is 0 Å². The fourth-order valence-electron chi connectivity index (χ4n) is 4.49. The molecule has 226 valence electrons. The van der Waals surface area contributed by atoms with Crippen molar-refractivity contribution in [2.75, 3.05) is 29.6 Å². The highest BCUT2D eigenvalue weighted by Gasteiger charge is 2.38. The number of aryl methyl sites for hydroxylation is 1. The summed E-state index contributed by atoms with van der Waals surface area (Å²) in [6.45, 7) is 2.83. The average Bonchev–Trinajstić information content (AvgIpc) is 2.97. The molecule has 1 fully saturated rings. The number of ether oxygens (including phenoxy) is 1. The van der Waals surface area contributed by atoms with Crippen LogP contribution >= 0.6 is 0 Å². The Labute approximate surface area is 242 Å². The minimum absolute atomic E-state index is 0.132. The van der Waals surface area contributed by atoms with Gasteiger partial charge in [0.1, 0.15) is 17.6 Å². The van der Waals surface area contributed by atoms with Crippen LogP contribution in [0, 0.1) is 12.8 Å². The quantitative estimate of drug-likeness (QED) is 0.225. The van der Waals surface area contributed by atoms with E-state index < -0.39 is 18.2 Å². The molecule has 1 atom stereocenters. The van der Waals surface area contributed by atoms with Gasteiger partial charge in [0.05, 0.1) is 7.11 Å². The summed E-state index contributed by atoms with van der Waals surface area (Å²) in [5.74, 6) is -0.238. The molecule has 1 amide bonds. The molecule has 4 N–H and O–H groups in total. The highest BCUT2D eigenvalue weighted by molar-refractivity contribution is 5.96. The molecule has 1 saturated carbocycles. The van der Waals surface area contributed by atoms with Crippen LogP contribution in [-0.4, -0.2) is 52.8 Å². The summed E-state index contributed by atoms with van der Waals surface area (Å²) < 4.78 is 37.0. The van der Waals surface area contributed by atoms with Crippen LogP contribution in [0.1, 0.15) is 43.4 Å². The second kappa shape index (κ2) is 15.6. The van der Waals surface area contributed by atoms with Crippen LogP contribution in [0.15, 0.2) is 60.7 Å². The van der Waals surface area contributed by atoms with E-state index in [0.29, 0.717) is 29.8 Å². The fourth-order valence-corrected chi connectivity index (χ4v) is 4.49. The van der Waals surface area contributed by atoms with E-state index in [1.807, 2.05) is 67.6 Å². The van der Waals surface area contributed by atoms with Crippen LogP contribution in [0.3, 0.4) is 0 Å². The van der Waals surface area contributed by atoms with Gasteiger partial charge in [0, 0.05) is 30.4 Å². The molecule has 1 aliphatic rings. The first-order chi connectivity index (χ1) is 20.0. The number of halogens is 3. The van der Waals surface area contributed by atoms with E-state index in [2.05, 4.69) is 25.9 Å². The Bertz CT molecular complexity index is 1280. The lowest BCUT2D eigenvalue weighted by molar-refractivity contribution is -0.192. The Hall–Kier alpha value is -4.35. The van der Waals surface area contributed by atoms with Crippen molar-refractivity contribution in [3.63, 3.8) is 0 Å². The summed E-state index contributed by atoms with van der Waals surface area (Å²) >= 11 is 0. The van der Waals surface area contributed by atoms with E-state index in [4.69, 9.17) is 14.6 Å². The zero-order valence-corrected chi connectivity index (χ0v) is 23.6. The van der Waals surface area contributed by atoms with Crippen LogP contribution in [0.25, 0.3) is 0 Å². The van der Waals surface area contributed by atoms with Crippen molar-refractivity contribution in [3.8, 4) is 5.75 Å². The van der Waals surface area contributed by atoms with E-state index in [-0.39, 0.29) is 5.91 Å². The molecule has 0 aliphatic heterocycles. The molecule has 2 aromatic carbocycles. The number of carboxylic acid groups (broad SMARTS) is 1. The normalized spacial score (nSPS) is 14.1. The first kappa shape index (κ1) is 32.2. The molecule has 1 aromatic heterocycles. The maximum absolute atomic E-state index is 13.3. The second-order valence-corrected chi connectivity index (χ2v) is 10.0. The lowest BCUT2D eigenvalue weighted by Crippen LogP contribution is -2.37. The van der Waals surface area contributed by atoms with Crippen molar-refractivity contribution in [2.45, 2.75) is 57.7 Å². The number of rotatable bonds is 10. The number of benzene rings is 2. The van der Waals surface area contributed by atoms with E-state index in [1.54, 1.807) is 7.11 Å². The molecule has 4 rings (SSSR count). The first-order valence-corrected chi connectivity index (χ1v) is 13.7. The number of carbonyl (C=O) groups excluding carboxylic acids is 1. The number of amides is 1. The number of carbonyl (C=O) groups is 2. The summed E-state index contributed by atoms with van der Waals surface area (Å²) in [7, 11) is 1.62. The number of aliphatic carboxylic acids is 1. The molecule has 0 radical (unpaired) electrons. The zero-order chi connectivity index (χ0) is 30.5. The smallest absolute Gasteiger partial charge is 0.490 e. The van der Waals surface area contributed by atoms with E-state index in [0.717, 1.165) is 23.6 Å². The van der Waals surface area contributed by atoms with Crippen LogP contribution < -0.4 is 20.7 Å². The van der Waals surface area contributed by atoms with Gasteiger partial charge in [-0.25, -0.2) is 9.78 Å².